The number of nitrogens with one attached hydrogen (secondary N) is 1. The molecule has 1 unspecified atom stereocenters. The van der Waals surface area contributed by atoms with Crippen LogP contribution in [-0.2, 0) is 0 Å². The Kier molecular flexibility index (Phi) is 5.27. The minimum Gasteiger partial charge on any atom is -0.305 e. The van der Waals surface area contributed by atoms with Gasteiger partial charge in [0.05, 0.1) is 6.04 Å². The Balaban J connectivity index is 2.33. The zero-order chi connectivity index (χ0) is 13.1. The molecule has 0 fully saturated rings. The summed E-state index contributed by atoms with van der Waals surface area (Å²) in [5.74, 6) is 0. The van der Waals surface area contributed by atoms with Gasteiger partial charge >= 0.3 is 0 Å². The highest BCUT2D eigenvalue weighted by Crippen LogP contribution is 2.39. The van der Waals surface area contributed by atoms with Gasteiger partial charge in [-0.05, 0) is 58.9 Å². The van der Waals surface area contributed by atoms with E-state index in [1.165, 1.54) is 15.3 Å². The topological polar surface area (TPSA) is 12.0 Å². The van der Waals surface area contributed by atoms with E-state index in [1.807, 2.05) is 0 Å². The Morgan fingerprint density at radius 2 is 2.28 bits per heavy atom. The van der Waals surface area contributed by atoms with Gasteiger partial charge in [-0.25, -0.2) is 0 Å². The average Bonchev–Trinajstić information content (AvgIpc) is 2.88. The van der Waals surface area contributed by atoms with Crippen LogP contribution < -0.4 is 5.32 Å². The molecule has 2 rings (SSSR count). The summed E-state index contributed by atoms with van der Waals surface area (Å²) in [6.07, 6.45) is 1.13. The predicted octanol–water partition coefficient (Wildman–Crippen LogP) is 5.62. The molecule has 0 amide bonds. The normalized spacial score (nSPS) is 12.9. The number of halogens is 2. The standard InChI is InChI=1S/C13H15BrClNS2/c1-3-5-16-11(12-8(2)4-6-17-12)10-7-9(14)13(15)18-10/h4,6-7,11,16H,3,5H2,1-2H3. The van der Waals surface area contributed by atoms with Crippen LogP contribution in [0.3, 0.4) is 0 Å². The summed E-state index contributed by atoms with van der Waals surface area (Å²) < 4.78 is 1.81. The molecule has 1 N–H and O–H groups in total. The van der Waals surface area contributed by atoms with Gasteiger partial charge in [0.2, 0.25) is 0 Å². The fourth-order valence-corrected chi connectivity index (χ4v) is 4.71. The number of aryl methyl sites for hydroxylation is 1. The van der Waals surface area contributed by atoms with Crippen LogP contribution >= 0.6 is 50.2 Å². The predicted molar refractivity (Wildman–Crippen MR) is 86.2 cm³/mol. The molecule has 0 aromatic carbocycles. The Hall–Kier alpha value is 0.130. The van der Waals surface area contributed by atoms with Gasteiger partial charge in [0.15, 0.2) is 0 Å². The van der Waals surface area contributed by atoms with Crippen LogP contribution in [0.25, 0.3) is 0 Å². The number of rotatable bonds is 5. The van der Waals surface area contributed by atoms with Crippen molar-refractivity contribution in [2.75, 3.05) is 6.54 Å². The third-order valence-electron chi connectivity index (χ3n) is 2.71. The van der Waals surface area contributed by atoms with E-state index >= 15 is 0 Å². The molecule has 2 heterocycles. The number of hydrogen-bond acceptors (Lipinski definition) is 3. The molecule has 0 aliphatic rings. The van der Waals surface area contributed by atoms with Crippen molar-refractivity contribution in [2.45, 2.75) is 26.3 Å². The molecule has 0 aliphatic carbocycles. The lowest BCUT2D eigenvalue weighted by Crippen LogP contribution is -2.22. The third-order valence-corrected chi connectivity index (χ3v) is 6.33. The van der Waals surface area contributed by atoms with Crippen LogP contribution in [0.2, 0.25) is 4.34 Å². The monoisotopic (exact) mass is 363 g/mol. The molecular formula is C13H15BrClNS2. The summed E-state index contributed by atoms with van der Waals surface area (Å²) in [4.78, 5) is 2.65. The molecule has 1 nitrogen and oxygen atoms in total. The van der Waals surface area contributed by atoms with Crippen LogP contribution in [0.4, 0.5) is 0 Å². The molecule has 0 aliphatic heterocycles. The Bertz CT molecular complexity index is 501. The molecule has 0 bridgehead atoms. The Morgan fingerprint density at radius 3 is 2.78 bits per heavy atom. The third kappa shape index (κ3) is 3.17. The smallest absolute Gasteiger partial charge is 0.107 e. The van der Waals surface area contributed by atoms with Gasteiger partial charge in [0.25, 0.3) is 0 Å². The van der Waals surface area contributed by atoms with E-state index in [9.17, 15) is 0 Å². The molecule has 0 saturated heterocycles. The second kappa shape index (κ2) is 6.53. The maximum Gasteiger partial charge on any atom is 0.107 e. The minimum atomic E-state index is 0.263. The van der Waals surface area contributed by atoms with Gasteiger partial charge < -0.3 is 5.32 Å². The van der Waals surface area contributed by atoms with Crippen molar-refractivity contribution in [1.29, 1.82) is 0 Å². The largest absolute Gasteiger partial charge is 0.305 e. The van der Waals surface area contributed by atoms with Gasteiger partial charge in [-0.1, -0.05) is 18.5 Å². The van der Waals surface area contributed by atoms with E-state index in [2.05, 4.69) is 52.6 Å². The van der Waals surface area contributed by atoms with Crippen LogP contribution in [0.15, 0.2) is 22.0 Å². The molecule has 2 aromatic heterocycles. The minimum absolute atomic E-state index is 0.263. The van der Waals surface area contributed by atoms with E-state index < -0.39 is 0 Å². The van der Waals surface area contributed by atoms with Gasteiger partial charge in [-0.3, -0.25) is 0 Å². The van der Waals surface area contributed by atoms with E-state index in [-0.39, 0.29) is 6.04 Å². The molecule has 5 heteroatoms. The van der Waals surface area contributed by atoms with E-state index in [4.69, 9.17) is 11.6 Å². The van der Waals surface area contributed by atoms with E-state index in [0.717, 1.165) is 21.8 Å². The Morgan fingerprint density at radius 1 is 1.50 bits per heavy atom. The van der Waals surface area contributed by atoms with E-state index in [0.29, 0.717) is 0 Å². The van der Waals surface area contributed by atoms with Crippen molar-refractivity contribution < 1.29 is 0 Å². The molecule has 98 valence electrons. The van der Waals surface area contributed by atoms with Crippen molar-refractivity contribution in [3.63, 3.8) is 0 Å². The van der Waals surface area contributed by atoms with Crippen LogP contribution in [0, 0.1) is 6.92 Å². The van der Waals surface area contributed by atoms with Crippen LogP contribution in [0.5, 0.6) is 0 Å². The molecule has 1 atom stereocenters. The summed E-state index contributed by atoms with van der Waals surface area (Å²) in [7, 11) is 0. The highest BCUT2D eigenvalue weighted by atomic mass is 79.9. The first-order chi connectivity index (χ1) is 8.63. The van der Waals surface area contributed by atoms with Gasteiger partial charge in [0, 0.05) is 14.2 Å². The summed E-state index contributed by atoms with van der Waals surface area (Å²) in [6, 6.07) is 4.56. The maximum absolute atomic E-state index is 6.16. The summed E-state index contributed by atoms with van der Waals surface area (Å²) in [5, 5.41) is 5.76. The van der Waals surface area contributed by atoms with Crippen molar-refractivity contribution >= 4 is 50.2 Å². The maximum atomic E-state index is 6.16. The van der Waals surface area contributed by atoms with Gasteiger partial charge in [0.1, 0.15) is 4.34 Å². The molecule has 0 radical (unpaired) electrons. The quantitative estimate of drug-likeness (QED) is 0.725. The molecule has 18 heavy (non-hydrogen) atoms. The Labute approximate surface area is 129 Å². The zero-order valence-corrected chi connectivity index (χ0v) is 14.3. The van der Waals surface area contributed by atoms with Crippen molar-refractivity contribution in [3.8, 4) is 0 Å². The van der Waals surface area contributed by atoms with Crippen molar-refractivity contribution in [2.24, 2.45) is 0 Å². The first-order valence-electron chi connectivity index (χ1n) is 5.85. The highest BCUT2D eigenvalue weighted by Gasteiger charge is 2.20. The lowest BCUT2D eigenvalue weighted by molar-refractivity contribution is 0.611. The summed E-state index contributed by atoms with van der Waals surface area (Å²) in [6.45, 7) is 5.36. The average molecular weight is 365 g/mol. The van der Waals surface area contributed by atoms with Crippen LogP contribution in [0.1, 0.15) is 34.7 Å². The second-order valence-electron chi connectivity index (χ2n) is 4.13. The summed E-state index contributed by atoms with van der Waals surface area (Å²) in [5.41, 5.74) is 1.34. The molecule has 2 aromatic rings. The number of thiophene rings is 2. The second-order valence-corrected chi connectivity index (χ2v) is 7.61. The van der Waals surface area contributed by atoms with Gasteiger partial charge in [-0.15, -0.1) is 22.7 Å². The lowest BCUT2D eigenvalue weighted by Gasteiger charge is -2.16. The van der Waals surface area contributed by atoms with Gasteiger partial charge in [-0.2, -0.15) is 0 Å². The van der Waals surface area contributed by atoms with Crippen molar-refractivity contribution in [1.82, 2.24) is 5.32 Å². The summed E-state index contributed by atoms with van der Waals surface area (Å²) >= 11 is 13.1. The molecular weight excluding hydrogens is 350 g/mol. The fraction of sp³-hybridized carbons (Fsp3) is 0.385. The highest BCUT2D eigenvalue weighted by molar-refractivity contribution is 9.10. The van der Waals surface area contributed by atoms with Crippen molar-refractivity contribution in [3.05, 3.63) is 41.6 Å². The number of hydrogen-bond donors (Lipinski definition) is 1. The molecule has 0 saturated carbocycles. The van der Waals surface area contributed by atoms with Crippen LogP contribution in [-0.4, -0.2) is 6.54 Å². The SMILES string of the molecule is CCCNC(c1cc(Br)c(Cl)s1)c1sccc1C. The zero-order valence-electron chi connectivity index (χ0n) is 10.3. The lowest BCUT2D eigenvalue weighted by atomic mass is 10.1. The first-order valence-corrected chi connectivity index (χ1v) is 8.72. The molecule has 0 spiro atoms. The van der Waals surface area contributed by atoms with E-state index in [1.54, 1.807) is 22.7 Å². The first kappa shape index (κ1) is 14.5. The fourth-order valence-electron chi connectivity index (χ4n) is 1.80.